The fourth-order valence-corrected chi connectivity index (χ4v) is 0.645. The van der Waals surface area contributed by atoms with Crippen LogP contribution in [0.4, 0.5) is 0 Å². The van der Waals surface area contributed by atoms with Crippen molar-refractivity contribution in [3.8, 4) is 0 Å². The van der Waals surface area contributed by atoms with E-state index in [9.17, 15) is 0 Å². The summed E-state index contributed by atoms with van der Waals surface area (Å²) >= 11 is 5.39. The van der Waals surface area contributed by atoms with E-state index < -0.39 is 6.10 Å². The molecule has 2 atom stereocenters. The third-order valence-corrected chi connectivity index (χ3v) is 1.85. The van der Waals surface area contributed by atoms with Crippen molar-refractivity contribution in [2.24, 2.45) is 0 Å². The van der Waals surface area contributed by atoms with Crippen LogP contribution in [0, 0.1) is 0 Å². The Balaban J connectivity index is 3.17. The second kappa shape index (κ2) is 5.96. The Hall–Kier alpha value is 0.210. The molecule has 0 aliphatic rings. The van der Waals surface area contributed by atoms with Gasteiger partial charge in [0.05, 0.1) is 6.10 Å². The summed E-state index contributed by atoms with van der Waals surface area (Å²) in [6, 6.07) is 0.470. The molecule has 0 aliphatic heterocycles. The van der Waals surface area contributed by atoms with Gasteiger partial charge in [0.25, 0.3) is 0 Å². The molecule has 2 nitrogen and oxygen atoms in total. The molecule has 62 valence electrons. The molecule has 0 radical (unpaired) electrons. The maximum atomic E-state index is 9.01. The van der Waals surface area contributed by atoms with Crippen LogP contribution < -0.4 is 5.32 Å². The highest BCUT2D eigenvalue weighted by molar-refractivity contribution is 6.18. The number of aliphatic hydroxyl groups excluding tert-OH is 1. The van der Waals surface area contributed by atoms with Crippen LogP contribution in [0.2, 0.25) is 0 Å². The molecule has 0 fully saturated rings. The van der Waals surface area contributed by atoms with Gasteiger partial charge in [-0.05, 0) is 13.3 Å². The van der Waals surface area contributed by atoms with Crippen molar-refractivity contribution >= 4 is 11.6 Å². The molecule has 2 N–H and O–H groups in total. The Morgan fingerprint density at radius 2 is 2.20 bits per heavy atom. The molecule has 3 heteroatoms. The molecule has 0 saturated carbocycles. The van der Waals surface area contributed by atoms with E-state index in [0.29, 0.717) is 18.5 Å². The lowest BCUT2D eigenvalue weighted by Gasteiger charge is -2.13. The van der Waals surface area contributed by atoms with Crippen molar-refractivity contribution in [2.75, 3.05) is 12.4 Å². The lowest BCUT2D eigenvalue weighted by atomic mass is 10.2. The predicted octanol–water partition coefficient (Wildman–Crippen LogP) is 0.974. The summed E-state index contributed by atoms with van der Waals surface area (Å²) in [7, 11) is 0. The molecule has 0 bridgehead atoms. The molecule has 0 aromatic carbocycles. The van der Waals surface area contributed by atoms with E-state index in [4.69, 9.17) is 16.7 Å². The van der Waals surface area contributed by atoms with Gasteiger partial charge in [-0.2, -0.15) is 0 Å². The van der Waals surface area contributed by atoms with Gasteiger partial charge in [0.15, 0.2) is 0 Å². The minimum absolute atomic E-state index is 0.309. The molecule has 0 aromatic rings. The van der Waals surface area contributed by atoms with Gasteiger partial charge in [-0.3, -0.25) is 0 Å². The first-order valence-corrected chi connectivity index (χ1v) is 4.21. The first-order chi connectivity index (χ1) is 4.70. The smallest absolute Gasteiger partial charge is 0.0799 e. The zero-order chi connectivity index (χ0) is 7.98. The van der Waals surface area contributed by atoms with E-state index >= 15 is 0 Å². The number of halogens is 1. The topological polar surface area (TPSA) is 32.3 Å². The van der Waals surface area contributed by atoms with Gasteiger partial charge in [-0.25, -0.2) is 0 Å². The second-order valence-electron chi connectivity index (χ2n) is 2.53. The Morgan fingerprint density at radius 3 is 2.60 bits per heavy atom. The Labute approximate surface area is 67.6 Å². The minimum atomic E-state index is -0.407. The Morgan fingerprint density at radius 1 is 1.60 bits per heavy atom. The lowest BCUT2D eigenvalue weighted by Crippen LogP contribution is -2.34. The maximum absolute atomic E-state index is 9.01. The van der Waals surface area contributed by atoms with Crippen LogP contribution in [0.25, 0.3) is 0 Å². The molecule has 0 rings (SSSR count). The Bertz CT molecular complexity index is 70.0. The van der Waals surface area contributed by atoms with Gasteiger partial charge < -0.3 is 10.4 Å². The number of rotatable bonds is 5. The van der Waals surface area contributed by atoms with Gasteiger partial charge in [0.2, 0.25) is 0 Å². The van der Waals surface area contributed by atoms with E-state index in [1.165, 1.54) is 0 Å². The highest BCUT2D eigenvalue weighted by Gasteiger charge is 2.02. The number of aliphatic hydroxyl groups is 1. The quantitative estimate of drug-likeness (QED) is 0.596. The molecule has 0 saturated heterocycles. The number of alkyl halides is 1. The molecule has 0 amide bonds. The van der Waals surface area contributed by atoms with E-state index in [1.807, 2.05) is 0 Å². The van der Waals surface area contributed by atoms with Gasteiger partial charge in [-0.1, -0.05) is 6.92 Å². The number of hydrogen-bond acceptors (Lipinski definition) is 2. The normalized spacial score (nSPS) is 16.8. The van der Waals surface area contributed by atoms with Crippen LogP contribution in [0.1, 0.15) is 20.3 Å². The van der Waals surface area contributed by atoms with E-state index in [0.717, 1.165) is 6.42 Å². The van der Waals surface area contributed by atoms with Crippen LogP contribution >= 0.6 is 11.6 Å². The molecule has 10 heavy (non-hydrogen) atoms. The highest BCUT2D eigenvalue weighted by atomic mass is 35.5. The van der Waals surface area contributed by atoms with Crippen molar-refractivity contribution in [2.45, 2.75) is 32.4 Å². The first kappa shape index (κ1) is 10.2. The minimum Gasteiger partial charge on any atom is -0.391 e. The van der Waals surface area contributed by atoms with Crippen LogP contribution in [-0.2, 0) is 0 Å². The number of hydrogen-bond donors (Lipinski definition) is 2. The molecule has 0 heterocycles. The predicted molar refractivity (Wildman–Crippen MR) is 44.5 cm³/mol. The summed E-state index contributed by atoms with van der Waals surface area (Å²) in [6.45, 7) is 4.78. The summed E-state index contributed by atoms with van der Waals surface area (Å²) in [5.41, 5.74) is 0. The summed E-state index contributed by atoms with van der Waals surface area (Å²) in [5.74, 6) is 0.309. The molecular formula is C7H16ClNO. The van der Waals surface area contributed by atoms with Gasteiger partial charge in [-0.15, -0.1) is 11.6 Å². The van der Waals surface area contributed by atoms with Gasteiger partial charge in [0, 0.05) is 18.5 Å². The van der Waals surface area contributed by atoms with Crippen LogP contribution in [0.3, 0.4) is 0 Å². The monoisotopic (exact) mass is 165 g/mol. The lowest BCUT2D eigenvalue weighted by molar-refractivity contribution is 0.190. The number of nitrogens with one attached hydrogen (secondary N) is 1. The summed E-state index contributed by atoms with van der Waals surface area (Å²) < 4.78 is 0. The van der Waals surface area contributed by atoms with E-state index in [2.05, 4.69) is 19.2 Å². The van der Waals surface area contributed by atoms with Crippen molar-refractivity contribution in [3.05, 3.63) is 0 Å². The van der Waals surface area contributed by atoms with Gasteiger partial charge in [0.1, 0.15) is 0 Å². The average molecular weight is 166 g/mol. The molecule has 0 aromatic heterocycles. The highest BCUT2D eigenvalue weighted by Crippen LogP contribution is 1.90. The fourth-order valence-electron chi connectivity index (χ4n) is 0.536. The third kappa shape index (κ3) is 5.03. The maximum Gasteiger partial charge on any atom is 0.0799 e. The van der Waals surface area contributed by atoms with E-state index in [1.54, 1.807) is 0 Å². The van der Waals surface area contributed by atoms with Crippen LogP contribution in [0.15, 0.2) is 0 Å². The average Bonchev–Trinajstić information content (AvgIpc) is 1.99. The first-order valence-electron chi connectivity index (χ1n) is 3.68. The largest absolute Gasteiger partial charge is 0.391 e. The zero-order valence-corrected chi connectivity index (χ0v) is 7.36. The third-order valence-electron chi connectivity index (χ3n) is 1.49. The standard InChI is InChI=1S/C7H16ClNO/c1-3-6(2)9-5-7(10)4-8/h6-7,9-10H,3-5H2,1-2H3. The fraction of sp³-hybridized carbons (Fsp3) is 1.00. The van der Waals surface area contributed by atoms with E-state index in [-0.39, 0.29) is 0 Å². The molecule has 0 aliphatic carbocycles. The molecular weight excluding hydrogens is 150 g/mol. The van der Waals surface area contributed by atoms with Gasteiger partial charge >= 0.3 is 0 Å². The summed E-state index contributed by atoms with van der Waals surface area (Å²) in [4.78, 5) is 0. The molecule has 2 unspecified atom stereocenters. The molecule has 0 spiro atoms. The second-order valence-corrected chi connectivity index (χ2v) is 2.83. The van der Waals surface area contributed by atoms with Crippen LogP contribution in [0.5, 0.6) is 0 Å². The summed E-state index contributed by atoms with van der Waals surface area (Å²) in [6.07, 6.45) is 0.672. The summed E-state index contributed by atoms with van der Waals surface area (Å²) in [5, 5.41) is 12.2. The van der Waals surface area contributed by atoms with Crippen LogP contribution in [-0.4, -0.2) is 29.7 Å². The van der Waals surface area contributed by atoms with Crippen molar-refractivity contribution in [3.63, 3.8) is 0 Å². The van der Waals surface area contributed by atoms with Crippen molar-refractivity contribution < 1.29 is 5.11 Å². The SMILES string of the molecule is CCC(C)NCC(O)CCl. The Kier molecular flexibility index (Phi) is 6.08. The zero-order valence-electron chi connectivity index (χ0n) is 6.60. The van der Waals surface area contributed by atoms with Crippen molar-refractivity contribution in [1.82, 2.24) is 5.32 Å². The van der Waals surface area contributed by atoms with Crippen molar-refractivity contribution in [1.29, 1.82) is 0 Å².